The van der Waals surface area contributed by atoms with Gasteiger partial charge in [0.2, 0.25) is 0 Å². The molecule has 10 heavy (non-hydrogen) atoms. The molecule has 0 unspecified atom stereocenters. The van der Waals surface area contributed by atoms with E-state index < -0.39 is 12.1 Å². The Kier molecular flexibility index (Phi) is 4.34. The number of hydrogen-bond donors (Lipinski definition) is 1. The van der Waals surface area contributed by atoms with Crippen molar-refractivity contribution in [3.63, 3.8) is 0 Å². The van der Waals surface area contributed by atoms with Gasteiger partial charge in [-0.1, -0.05) is 0 Å². The number of aliphatic hydroxyl groups is 1. The van der Waals surface area contributed by atoms with E-state index in [1.165, 1.54) is 0 Å². The average molecular weight is 142 g/mol. The molecular weight excluding hydrogens is 132 g/mol. The molecule has 0 aliphatic rings. The van der Waals surface area contributed by atoms with Gasteiger partial charge in [0.25, 0.3) is 0 Å². The summed E-state index contributed by atoms with van der Waals surface area (Å²) in [6.07, 6.45) is 3.70. The summed E-state index contributed by atoms with van der Waals surface area (Å²) in [5.74, 6) is 1.50. The minimum atomic E-state index is -1.16. The molecule has 0 heterocycles. The molecule has 56 valence electrons. The third kappa shape index (κ3) is 3.10. The summed E-state index contributed by atoms with van der Waals surface area (Å²) in [6, 6.07) is 0. The van der Waals surface area contributed by atoms with Gasteiger partial charge in [-0.05, 0) is 6.92 Å². The lowest BCUT2D eigenvalue weighted by atomic mass is 10.3. The molecule has 0 aromatic heterocycles. The van der Waals surface area contributed by atoms with Crippen LogP contribution in [0.1, 0.15) is 13.3 Å². The second-order valence-electron chi connectivity index (χ2n) is 1.68. The highest BCUT2D eigenvalue weighted by molar-refractivity contribution is 5.74. The van der Waals surface area contributed by atoms with Gasteiger partial charge in [-0.25, -0.2) is 4.79 Å². The fourth-order valence-corrected chi connectivity index (χ4v) is 0.433. The van der Waals surface area contributed by atoms with Crippen LogP contribution in [0.3, 0.4) is 0 Å². The van der Waals surface area contributed by atoms with Crippen LogP contribution in [-0.2, 0) is 9.53 Å². The molecule has 1 N–H and O–H groups in total. The van der Waals surface area contributed by atoms with E-state index >= 15 is 0 Å². The van der Waals surface area contributed by atoms with E-state index in [2.05, 4.69) is 10.7 Å². The molecule has 3 nitrogen and oxygen atoms in total. The number of aliphatic hydroxyl groups excluding tert-OH is 1. The number of ether oxygens (including phenoxy) is 1. The normalized spacial score (nSPS) is 11.7. The van der Waals surface area contributed by atoms with Crippen LogP contribution in [0, 0.1) is 12.3 Å². The molecule has 3 heteroatoms. The van der Waals surface area contributed by atoms with E-state index in [0.717, 1.165) is 0 Å². The van der Waals surface area contributed by atoms with Crippen molar-refractivity contribution in [1.82, 2.24) is 0 Å². The van der Waals surface area contributed by atoms with Crippen LogP contribution in [0.5, 0.6) is 0 Å². The molecule has 1 atom stereocenters. The fraction of sp³-hybridized carbons (Fsp3) is 0.571. The van der Waals surface area contributed by atoms with Gasteiger partial charge in [-0.2, -0.15) is 0 Å². The Morgan fingerprint density at radius 1 is 1.90 bits per heavy atom. The molecule has 0 aliphatic heterocycles. The van der Waals surface area contributed by atoms with E-state index in [1.54, 1.807) is 6.92 Å². The summed E-state index contributed by atoms with van der Waals surface area (Å²) in [7, 11) is 0. The first-order valence-corrected chi connectivity index (χ1v) is 3.00. The van der Waals surface area contributed by atoms with Crippen molar-refractivity contribution in [2.45, 2.75) is 19.4 Å². The van der Waals surface area contributed by atoms with Crippen LogP contribution in [0.2, 0.25) is 0 Å². The smallest absolute Gasteiger partial charge is 0.335 e. The summed E-state index contributed by atoms with van der Waals surface area (Å²) in [4.78, 5) is 10.6. The van der Waals surface area contributed by atoms with E-state index in [9.17, 15) is 4.79 Å². The fourth-order valence-electron chi connectivity index (χ4n) is 0.433. The SMILES string of the molecule is C#CC[C@H](O)C(=O)OCC. The van der Waals surface area contributed by atoms with Crippen molar-refractivity contribution >= 4 is 5.97 Å². The van der Waals surface area contributed by atoms with Crippen molar-refractivity contribution in [3.05, 3.63) is 0 Å². The van der Waals surface area contributed by atoms with Gasteiger partial charge >= 0.3 is 5.97 Å². The van der Waals surface area contributed by atoms with Crippen LogP contribution in [0.15, 0.2) is 0 Å². The van der Waals surface area contributed by atoms with Crippen LogP contribution in [0.25, 0.3) is 0 Å². The second-order valence-corrected chi connectivity index (χ2v) is 1.68. The van der Waals surface area contributed by atoms with Gasteiger partial charge in [0.05, 0.1) is 6.61 Å². The Hall–Kier alpha value is -1.01. The summed E-state index contributed by atoms with van der Waals surface area (Å²) < 4.78 is 4.47. The molecule has 0 saturated heterocycles. The summed E-state index contributed by atoms with van der Waals surface area (Å²) in [5.41, 5.74) is 0. The molecular formula is C7H10O3. The molecule has 0 radical (unpaired) electrons. The minimum Gasteiger partial charge on any atom is -0.464 e. The molecule has 0 amide bonds. The lowest BCUT2D eigenvalue weighted by Gasteiger charge is -2.04. The van der Waals surface area contributed by atoms with Gasteiger partial charge in [-0.3, -0.25) is 0 Å². The minimum absolute atomic E-state index is 0.0127. The molecule has 0 fully saturated rings. The highest BCUT2D eigenvalue weighted by Crippen LogP contribution is 1.92. The zero-order valence-corrected chi connectivity index (χ0v) is 5.83. The van der Waals surface area contributed by atoms with E-state index in [4.69, 9.17) is 11.5 Å². The Morgan fingerprint density at radius 3 is 2.90 bits per heavy atom. The summed E-state index contributed by atoms with van der Waals surface area (Å²) >= 11 is 0. The predicted octanol–water partition coefficient (Wildman–Crippen LogP) is -0.0663. The first kappa shape index (κ1) is 8.99. The van der Waals surface area contributed by atoms with Crippen LogP contribution in [0.4, 0.5) is 0 Å². The van der Waals surface area contributed by atoms with Crippen LogP contribution in [-0.4, -0.2) is 23.8 Å². The number of rotatable bonds is 3. The third-order valence-corrected chi connectivity index (χ3v) is 0.870. The molecule has 0 aromatic rings. The average Bonchev–Trinajstić information content (AvgIpc) is 1.89. The zero-order chi connectivity index (χ0) is 7.98. The maximum absolute atomic E-state index is 10.6. The molecule has 0 rings (SSSR count). The Bertz CT molecular complexity index is 145. The Morgan fingerprint density at radius 2 is 2.50 bits per heavy atom. The van der Waals surface area contributed by atoms with Crippen LogP contribution < -0.4 is 0 Å². The van der Waals surface area contributed by atoms with Gasteiger partial charge < -0.3 is 9.84 Å². The van der Waals surface area contributed by atoms with Crippen molar-refractivity contribution in [2.75, 3.05) is 6.61 Å². The van der Waals surface area contributed by atoms with Crippen molar-refractivity contribution < 1.29 is 14.6 Å². The molecule has 0 saturated carbocycles. The number of hydrogen-bond acceptors (Lipinski definition) is 3. The van der Waals surface area contributed by atoms with E-state index in [0.29, 0.717) is 0 Å². The predicted molar refractivity (Wildman–Crippen MR) is 36.1 cm³/mol. The second kappa shape index (κ2) is 4.83. The number of carbonyl (C=O) groups is 1. The lowest BCUT2D eigenvalue weighted by Crippen LogP contribution is -2.22. The lowest BCUT2D eigenvalue weighted by molar-refractivity contribution is -0.152. The van der Waals surface area contributed by atoms with Gasteiger partial charge in [0.1, 0.15) is 0 Å². The number of carbonyl (C=O) groups excluding carboxylic acids is 1. The maximum atomic E-state index is 10.6. The largest absolute Gasteiger partial charge is 0.464 e. The third-order valence-electron chi connectivity index (χ3n) is 0.870. The first-order chi connectivity index (χ1) is 4.72. The zero-order valence-electron chi connectivity index (χ0n) is 5.83. The van der Waals surface area contributed by atoms with Gasteiger partial charge in [0.15, 0.2) is 6.10 Å². The molecule has 0 bridgehead atoms. The van der Waals surface area contributed by atoms with Crippen LogP contribution >= 0.6 is 0 Å². The van der Waals surface area contributed by atoms with Crippen molar-refractivity contribution in [2.24, 2.45) is 0 Å². The summed E-state index contributed by atoms with van der Waals surface area (Å²) in [6.45, 7) is 1.93. The monoisotopic (exact) mass is 142 g/mol. The standard InChI is InChI=1S/C7H10O3/c1-3-5-6(8)7(9)10-4-2/h1,6,8H,4-5H2,2H3/t6-/m0/s1. The molecule has 0 aromatic carbocycles. The van der Waals surface area contributed by atoms with Gasteiger partial charge in [0, 0.05) is 6.42 Å². The Labute approximate surface area is 60.0 Å². The first-order valence-electron chi connectivity index (χ1n) is 3.00. The highest BCUT2D eigenvalue weighted by Gasteiger charge is 2.13. The molecule has 0 spiro atoms. The quantitative estimate of drug-likeness (QED) is 0.443. The Balaban J connectivity index is 3.62. The van der Waals surface area contributed by atoms with Crippen molar-refractivity contribution in [1.29, 1.82) is 0 Å². The molecule has 0 aliphatic carbocycles. The number of terminal acetylenes is 1. The highest BCUT2D eigenvalue weighted by atomic mass is 16.5. The summed E-state index contributed by atoms with van der Waals surface area (Å²) in [5, 5.41) is 8.83. The topological polar surface area (TPSA) is 46.5 Å². The van der Waals surface area contributed by atoms with E-state index in [-0.39, 0.29) is 13.0 Å². The maximum Gasteiger partial charge on any atom is 0.335 e. The van der Waals surface area contributed by atoms with E-state index in [1.807, 2.05) is 0 Å². The van der Waals surface area contributed by atoms with Crippen molar-refractivity contribution in [3.8, 4) is 12.3 Å². The van der Waals surface area contributed by atoms with Gasteiger partial charge in [-0.15, -0.1) is 12.3 Å². The number of esters is 1.